The highest BCUT2D eigenvalue weighted by atomic mass is 33.1. The summed E-state index contributed by atoms with van der Waals surface area (Å²) in [6.45, 7) is 2.27. The molecule has 48 valence electrons. The highest BCUT2D eigenvalue weighted by Gasteiger charge is 2.14. The highest BCUT2D eigenvalue weighted by Crippen LogP contribution is 2.36. The van der Waals surface area contributed by atoms with Gasteiger partial charge in [0, 0.05) is 11.5 Å². The zero-order chi connectivity index (χ0) is 5.82. The molecule has 0 radical (unpaired) electrons. The highest BCUT2D eigenvalue weighted by molar-refractivity contribution is 8.77. The first kappa shape index (κ1) is 6.81. The minimum absolute atomic E-state index is 1.04. The first-order valence-electron chi connectivity index (χ1n) is 3.18. The van der Waals surface area contributed by atoms with E-state index < -0.39 is 0 Å². The molecule has 0 aliphatic carbocycles. The van der Waals surface area contributed by atoms with Crippen molar-refractivity contribution >= 4 is 21.6 Å². The monoisotopic (exact) mass is 148 g/mol. The molecule has 1 aliphatic rings. The Bertz CT molecular complexity index is 57.5. The summed E-state index contributed by atoms with van der Waals surface area (Å²) in [6, 6.07) is 0. The van der Waals surface area contributed by atoms with E-state index in [0.717, 1.165) is 5.92 Å². The Kier molecular flexibility index (Phi) is 3.13. The zero-order valence-corrected chi connectivity index (χ0v) is 6.86. The predicted molar refractivity (Wildman–Crippen MR) is 43.3 cm³/mol. The molecule has 2 heteroatoms. The SMILES string of the molecule is CCCC1CSSC1. The zero-order valence-electron chi connectivity index (χ0n) is 5.22. The maximum absolute atomic E-state index is 2.27. The third-order valence-corrected chi connectivity index (χ3v) is 4.09. The van der Waals surface area contributed by atoms with E-state index in [1.54, 1.807) is 0 Å². The van der Waals surface area contributed by atoms with Crippen molar-refractivity contribution < 1.29 is 0 Å². The molecule has 1 aliphatic heterocycles. The lowest BCUT2D eigenvalue weighted by atomic mass is 10.1. The fourth-order valence-corrected chi connectivity index (χ4v) is 3.94. The summed E-state index contributed by atoms with van der Waals surface area (Å²) in [4.78, 5) is 0. The van der Waals surface area contributed by atoms with E-state index in [1.807, 2.05) is 21.6 Å². The van der Waals surface area contributed by atoms with Gasteiger partial charge in [-0.2, -0.15) is 0 Å². The molecule has 1 saturated heterocycles. The van der Waals surface area contributed by atoms with Crippen molar-refractivity contribution in [2.75, 3.05) is 11.5 Å². The van der Waals surface area contributed by atoms with Gasteiger partial charge in [-0.3, -0.25) is 0 Å². The lowest BCUT2D eigenvalue weighted by Gasteiger charge is -2.01. The first-order valence-corrected chi connectivity index (χ1v) is 5.66. The van der Waals surface area contributed by atoms with Crippen LogP contribution in [0, 0.1) is 5.92 Å². The van der Waals surface area contributed by atoms with Crippen molar-refractivity contribution in [2.45, 2.75) is 19.8 Å². The van der Waals surface area contributed by atoms with Crippen LogP contribution in [0.4, 0.5) is 0 Å². The molecule has 0 aromatic rings. The minimum Gasteiger partial charge on any atom is -0.0938 e. The molecule has 1 fully saturated rings. The van der Waals surface area contributed by atoms with E-state index in [9.17, 15) is 0 Å². The number of hydrogen-bond acceptors (Lipinski definition) is 2. The van der Waals surface area contributed by atoms with Crippen LogP contribution in [0.5, 0.6) is 0 Å². The van der Waals surface area contributed by atoms with Crippen molar-refractivity contribution in [3.63, 3.8) is 0 Å². The van der Waals surface area contributed by atoms with Crippen LogP contribution in [-0.4, -0.2) is 11.5 Å². The van der Waals surface area contributed by atoms with Crippen molar-refractivity contribution in [3.8, 4) is 0 Å². The summed E-state index contributed by atoms with van der Waals surface area (Å²) in [5.41, 5.74) is 0. The molecule has 0 spiro atoms. The molecule has 8 heavy (non-hydrogen) atoms. The van der Waals surface area contributed by atoms with Gasteiger partial charge in [0.25, 0.3) is 0 Å². The molecule has 0 amide bonds. The summed E-state index contributed by atoms with van der Waals surface area (Å²) in [5.74, 6) is 3.84. The summed E-state index contributed by atoms with van der Waals surface area (Å²) >= 11 is 0. The van der Waals surface area contributed by atoms with Crippen LogP contribution in [0.3, 0.4) is 0 Å². The third kappa shape index (κ3) is 1.90. The molecule has 0 bridgehead atoms. The fraction of sp³-hybridized carbons (Fsp3) is 1.00. The standard InChI is InChI=1S/C6H12S2/c1-2-3-6-4-7-8-5-6/h6H,2-5H2,1H3. The Morgan fingerprint density at radius 1 is 1.38 bits per heavy atom. The molecule has 0 atom stereocenters. The van der Waals surface area contributed by atoms with Gasteiger partial charge in [-0.1, -0.05) is 34.9 Å². The average molecular weight is 148 g/mol. The van der Waals surface area contributed by atoms with E-state index in [2.05, 4.69) is 6.92 Å². The molecule has 0 aromatic heterocycles. The van der Waals surface area contributed by atoms with Gasteiger partial charge < -0.3 is 0 Å². The van der Waals surface area contributed by atoms with Gasteiger partial charge in [-0.15, -0.1) is 0 Å². The van der Waals surface area contributed by atoms with Crippen molar-refractivity contribution in [2.24, 2.45) is 5.92 Å². The Hall–Kier alpha value is 0.700. The van der Waals surface area contributed by atoms with E-state index in [0.29, 0.717) is 0 Å². The van der Waals surface area contributed by atoms with Crippen LogP contribution in [0.25, 0.3) is 0 Å². The largest absolute Gasteiger partial charge is 0.0938 e. The van der Waals surface area contributed by atoms with Crippen molar-refractivity contribution in [3.05, 3.63) is 0 Å². The Balaban J connectivity index is 2.06. The molecule has 0 aromatic carbocycles. The van der Waals surface area contributed by atoms with Crippen molar-refractivity contribution in [1.29, 1.82) is 0 Å². The Morgan fingerprint density at radius 3 is 2.50 bits per heavy atom. The molecule has 1 heterocycles. The van der Waals surface area contributed by atoms with Crippen LogP contribution in [0.1, 0.15) is 19.8 Å². The second kappa shape index (κ2) is 3.67. The van der Waals surface area contributed by atoms with Crippen LogP contribution in [-0.2, 0) is 0 Å². The fourth-order valence-electron chi connectivity index (χ4n) is 0.912. The van der Waals surface area contributed by atoms with Crippen LogP contribution in [0.15, 0.2) is 0 Å². The maximum atomic E-state index is 2.27. The molecular weight excluding hydrogens is 136 g/mol. The molecule has 1 rings (SSSR count). The second-order valence-electron chi connectivity index (χ2n) is 2.22. The van der Waals surface area contributed by atoms with Gasteiger partial charge in [-0.25, -0.2) is 0 Å². The second-order valence-corrected chi connectivity index (χ2v) is 4.78. The number of rotatable bonds is 2. The summed E-state index contributed by atoms with van der Waals surface area (Å²) in [5, 5.41) is 0. The predicted octanol–water partition coefficient (Wildman–Crippen LogP) is 2.80. The van der Waals surface area contributed by atoms with Gasteiger partial charge in [0.15, 0.2) is 0 Å². The quantitative estimate of drug-likeness (QED) is 0.552. The first-order chi connectivity index (χ1) is 3.93. The van der Waals surface area contributed by atoms with Crippen LogP contribution < -0.4 is 0 Å². The van der Waals surface area contributed by atoms with Crippen LogP contribution >= 0.6 is 21.6 Å². The number of hydrogen-bond donors (Lipinski definition) is 0. The molecular formula is C6H12S2. The summed E-state index contributed by atoms with van der Waals surface area (Å²) in [6.07, 6.45) is 2.81. The van der Waals surface area contributed by atoms with Crippen molar-refractivity contribution in [1.82, 2.24) is 0 Å². The molecule has 0 N–H and O–H groups in total. The third-order valence-electron chi connectivity index (χ3n) is 1.39. The summed E-state index contributed by atoms with van der Waals surface area (Å²) < 4.78 is 0. The Labute approximate surface area is 59.2 Å². The van der Waals surface area contributed by atoms with Gasteiger partial charge in [-0.05, 0) is 12.3 Å². The van der Waals surface area contributed by atoms with Gasteiger partial charge in [0.05, 0.1) is 0 Å². The molecule has 0 unspecified atom stereocenters. The summed E-state index contributed by atoms with van der Waals surface area (Å²) in [7, 11) is 4.08. The lowest BCUT2D eigenvalue weighted by molar-refractivity contribution is 0.600. The topological polar surface area (TPSA) is 0 Å². The van der Waals surface area contributed by atoms with Gasteiger partial charge >= 0.3 is 0 Å². The van der Waals surface area contributed by atoms with E-state index in [-0.39, 0.29) is 0 Å². The molecule has 0 nitrogen and oxygen atoms in total. The van der Waals surface area contributed by atoms with Crippen LogP contribution in [0.2, 0.25) is 0 Å². The van der Waals surface area contributed by atoms with E-state index in [1.165, 1.54) is 24.3 Å². The molecule has 0 saturated carbocycles. The average Bonchev–Trinajstić information content (AvgIpc) is 2.19. The Morgan fingerprint density at radius 2 is 2.00 bits per heavy atom. The van der Waals surface area contributed by atoms with Gasteiger partial charge in [0.2, 0.25) is 0 Å². The van der Waals surface area contributed by atoms with E-state index >= 15 is 0 Å². The lowest BCUT2D eigenvalue weighted by Crippen LogP contribution is -1.98. The van der Waals surface area contributed by atoms with Gasteiger partial charge in [0.1, 0.15) is 0 Å². The van der Waals surface area contributed by atoms with E-state index in [4.69, 9.17) is 0 Å². The normalized spacial score (nSPS) is 22.1. The minimum atomic E-state index is 1.04. The smallest absolute Gasteiger partial charge is 0.00735 e. The maximum Gasteiger partial charge on any atom is 0.00735 e.